The van der Waals surface area contributed by atoms with Gasteiger partial charge < -0.3 is 14.8 Å². The largest absolute Gasteiger partial charge is 0.461 e. The smallest absolute Gasteiger partial charge is 0.385 e. The molecule has 0 atom stereocenters. The third-order valence-corrected chi connectivity index (χ3v) is 3.75. The van der Waals surface area contributed by atoms with E-state index in [0.717, 1.165) is 16.7 Å². The second-order valence-electron chi connectivity index (χ2n) is 6.39. The Morgan fingerprint density at radius 2 is 1.96 bits per heavy atom. The summed E-state index contributed by atoms with van der Waals surface area (Å²) < 4.78 is 37.5. The highest BCUT2D eigenvalue weighted by Gasteiger charge is 2.45. The molecule has 0 unspecified atom stereocenters. The number of nitrogens with zero attached hydrogens (tertiary/aromatic N) is 2. The lowest BCUT2D eigenvalue weighted by atomic mass is 10.2. The number of thiazole rings is 1. The number of nitrogens with one attached hydrogen (secondary N) is 1. The number of rotatable bonds is 6. The molecule has 0 aromatic carbocycles. The fourth-order valence-corrected chi connectivity index (χ4v) is 2.58. The summed E-state index contributed by atoms with van der Waals surface area (Å²) in [5.74, 6) is -5.71. The van der Waals surface area contributed by atoms with Gasteiger partial charge in [0.2, 0.25) is 0 Å². The van der Waals surface area contributed by atoms with Crippen molar-refractivity contribution in [2.75, 3.05) is 11.9 Å². The molecule has 10 heteroatoms. The number of aromatic nitrogens is 2. The molecule has 2 aromatic heterocycles. The first-order valence-electron chi connectivity index (χ1n) is 8.00. The Labute approximate surface area is 158 Å². The van der Waals surface area contributed by atoms with Gasteiger partial charge in [0.15, 0.2) is 5.13 Å². The van der Waals surface area contributed by atoms with E-state index in [1.807, 2.05) is 0 Å². The summed E-state index contributed by atoms with van der Waals surface area (Å²) in [5, 5.41) is 3.92. The molecule has 0 amide bonds. The van der Waals surface area contributed by atoms with Gasteiger partial charge in [0, 0.05) is 11.6 Å². The molecule has 0 bridgehead atoms. The van der Waals surface area contributed by atoms with E-state index >= 15 is 0 Å². The number of carbonyl (C=O) groups excluding carboxylic acids is 2. The second kappa shape index (κ2) is 7.95. The number of carbonyl (C=O) groups is 2. The van der Waals surface area contributed by atoms with Crippen LogP contribution in [0.4, 0.5) is 19.7 Å². The average molecular weight is 399 g/mol. The molecule has 146 valence electrons. The number of halogens is 2. The number of ether oxygens (including phenoxy) is 2. The van der Waals surface area contributed by atoms with Crippen molar-refractivity contribution >= 4 is 34.2 Å². The predicted molar refractivity (Wildman–Crippen MR) is 95.3 cm³/mol. The van der Waals surface area contributed by atoms with Crippen LogP contribution in [0.5, 0.6) is 0 Å². The highest BCUT2D eigenvalue weighted by atomic mass is 32.1. The number of hydrogen-bond donors (Lipinski definition) is 1. The average Bonchev–Trinajstić information content (AvgIpc) is 3.03. The highest BCUT2D eigenvalue weighted by molar-refractivity contribution is 7.13. The number of esters is 2. The van der Waals surface area contributed by atoms with Crippen LogP contribution in [0.1, 0.15) is 43.7 Å². The molecule has 0 spiro atoms. The van der Waals surface area contributed by atoms with Gasteiger partial charge in [-0.25, -0.2) is 19.6 Å². The fourth-order valence-electron chi connectivity index (χ4n) is 1.84. The first-order chi connectivity index (χ1) is 12.5. The zero-order valence-electron chi connectivity index (χ0n) is 15.2. The first kappa shape index (κ1) is 20.7. The number of alkyl halides is 2. The molecular formula is C17H19F2N3O4S. The Morgan fingerprint density at radius 1 is 1.26 bits per heavy atom. The van der Waals surface area contributed by atoms with E-state index < -0.39 is 29.2 Å². The summed E-state index contributed by atoms with van der Waals surface area (Å²) in [5.41, 5.74) is -1.09. The maximum absolute atomic E-state index is 13.9. The quantitative estimate of drug-likeness (QED) is 0.737. The van der Waals surface area contributed by atoms with Crippen molar-refractivity contribution in [1.82, 2.24) is 9.97 Å². The van der Waals surface area contributed by atoms with Gasteiger partial charge in [-0.05, 0) is 39.8 Å². The first-order valence-corrected chi connectivity index (χ1v) is 8.88. The van der Waals surface area contributed by atoms with Gasteiger partial charge >= 0.3 is 17.9 Å². The van der Waals surface area contributed by atoms with Gasteiger partial charge in [0.25, 0.3) is 0 Å². The van der Waals surface area contributed by atoms with Gasteiger partial charge in [0.1, 0.15) is 17.1 Å². The van der Waals surface area contributed by atoms with E-state index in [4.69, 9.17) is 4.74 Å². The summed E-state index contributed by atoms with van der Waals surface area (Å²) in [6.45, 7) is 6.54. The van der Waals surface area contributed by atoms with Crippen LogP contribution in [0, 0.1) is 0 Å². The van der Waals surface area contributed by atoms with Crippen LogP contribution in [0.3, 0.4) is 0 Å². The van der Waals surface area contributed by atoms with Crippen molar-refractivity contribution < 1.29 is 27.8 Å². The monoisotopic (exact) mass is 399 g/mol. The zero-order valence-corrected chi connectivity index (χ0v) is 16.0. The van der Waals surface area contributed by atoms with Crippen molar-refractivity contribution in [3.63, 3.8) is 0 Å². The summed E-state index contributed by atoms with van der Waals surface area (Å²) in [6, 6.07) is 2.98. The van der Waals surface area contributed by atoms with Crippen LogP contribution < -0.4 is 5.32 Å². The molecule has 0 aliphatic heterocycles. The molecule has 2 aromatic rings. The van der Waals surface area contributed by atoms with Crippen LogP contribution >= 0.6 is 11.3 Å². The summed E-state index contributed by atoms with van der Waals surface area (Å²) in [4.78, 5) is 31.0. The predicted octanol–water partition coefficient (Wildman–Crippen LogP) is 3.89. The normalized spacial score (nSPS) is 11.8. The van der Waals surface area contributed by atoms with Crippen LogP contribution in [-0.2, 0) is 20.2 Å². The topological polar surface area (TPSA) is 90.4 Å². The Morgan fingerprint density at radius 3 is 2.52 bits per heavy atom. The fraction of sp³-hybridized carbons (Fsp3) is 0.412. The molecule has 1 N–H and O–H groups in total. The number of hydrogen-bond acceptors (Lipinski definition) is 8. The van der Waals surface area contributed by atoms with Gasteiger partial charge in [-0.2, -0.15) is 8.78 Å². The Hall–Kier alpha value is -2.62. The summed E-state index contributed by atoms with van der Waals surface area (Å²) in [6.07, 6.45) is 1.30. The minimum absolute atomic E-state index is 0.117. The summed E-state index contributed by atoms with van der Waals surface area (Å²) in [7, 11) is 0. The lowest BCUT2D eigenvalue weighted by Crippen LogP contribution is -2.28. The minimum Gasteiger partial charge on any atom is -0.461 e. The lowest BCUT2D eigenvalue weighted by Gasteiger charge is -2.19. The van der Waals surface area contributed by atoms with E-state index in [-0.39, 0.29) is 17.3 Å². The van der Waals surface area contributed by atoms with Crippen molar-refractivity contribution in [3.05, 3.63) is 35.0 Å². The van der Waals surface area contributed by atoms with Crippen LogP contribution in [-0.4, -0.2) is 34.1 Å². The Bertz CT molecular complexity index is 816. The van der Waals surface area contributed by atoms with Crippen molar-refractivity contribution in [2.24, 2.45) is 0 Å². The molecule has 0 aliphatic carbocycles. The maximum atomic E-state index is 13.9. The SMILES string of the molecule is CCOC(=O)C(F)(F)c1csc(Nc2ccc(C(=O)OC(C)(C)C)cn2)n1. The molecule has 2 heterocycles. The van der Waals surface area contributed by atoms with Gasteiger partial charge in [-0.1, -0.05) is 0 Å². The van der Waals surface area contributed by atoms with Crippen LogP contribution in [0.15, 0.2) is 23.7 Å². The van der Waals surface area contributed by atoms with E-state index in [1.54, 1.807) is 20.8 Å². The van der Waals surface area contributed by atoms with E-state index in [1.165, 1.54) is 25.3 Å². The number of pyridine rings is 1. The van der Waals surface area contributed by atoms with Crippen molar-refractivity contribution in [2.45, 2.75) is 39.2 Å². The molecule has 0 aliphatic rings. The third kappa shape index (κ3) is 5.43. The van der Waals surface area contributed by atoms with Gasteiger partial charge in [-0.15, -0.1) is 11.3 Å². The standard InChI is InChI=1S/C17H19F2N3O4S/c1-5-25-14(24)17(18,19)11-9-27-15(21-11)22-12-7-6-10(8-20-12)13(23)26-16(2,3)4/h6-9H,5H2,1-4H3,(H,20,21,22). The van der Waals surface area contributed by atoms with Crippen LogP contribution in [0.25, 0.3) is 0 Å². The second-order valence-corrected chi connectivity index (χ2v) is 7.25. The van der Waals surface area contributed by atoms with Crippen molar-refractivity contribution in [3.8, 4) is 0 Å². The lowest BCUT2D eigenvalue weighted by molar-refractivity contribution is -0.173. The minimum atomic E-state index is -3.83. The number of anilines is 2. The molecule has 0 radical (unpaired) electrons. The van der Waals surface area contributed by atoms with E-state index in [9.17, 15) is 18.4 Å². The van der Waals surface area contributed by atoms with E-state index in [0.29, 0.717) is 5.82 Å². The molecule has 27 heavy (non-hydrogen) atoms. The molecular weight excluding hydrogens is 380 g/mol. The van der Waals surface area contributed by atoms with Gasteiger partial charge in [-0.3, -0.25) is 0 Å². The Kier molecular flexibility index (Phi) is 6.09. The molecule has 7 nitrogen and oxygen atoms in total. The van der Waals surface area contributed by atoms with Crippen molar-refractivity contribution in [1.29, 1.82) is 0 Å². The summed E-state index contributed by atoms with van der Waals surface area (Å²) >= 11 is 0.883. The molecule has 0 saturated heterocycles. The zero-order chi connectivity index (χ0) is 20.2. The highest BCUT2D eigenvalue weighted by Crippen LogP contribution is 2.32. The molecule has 2 rings (SSSR count). The third-order valence-electron chi connectivity index (χ3n) is 2.99. The molecule has 0 fully saturated rings. The van der Waals surface area contributed by atoms with Crippen LogP contribution in [0.2, 0.25) is 0 Å². The maximum Gasteiger partial charge on any atom is 0.385 e. The Balaban J connectivity index is 2.07. The molecule has 0 saturated carbocycles. The van der Waals surface area contributed by atoms with E-state index in [2.05, 4.69) is 20.0 Å². The van der Waals surface area contributed by atoms with Gasteiger partial charge in [0.05, 0.1) is 12.2 Å².